The van der Waals surface area contributed by atoms with Gasteiger partial charge in [-0.1, -0.05) is 28.1 Å². The molecule has 2 rings (SSSR count). The van der Waals surface area contributed by atoms with Crippen molar-refractivity contribution in [2.45, 2.75) is 17.9 Å². The molecule has 0 radical (unpaired) electrons. The first-order valence-corrected chi connectivity index (χ1v) is 10.4. The van der Waals surface area contributed by atoms with Gasteiger partial charge in [-0.15, -0.1) is 0 Å². The van der Waals surface area contributed by atoms with Crippen LogP contribution in [-0.4, -0.2) is 44.7 Å². The van der Waals surface area contributed by atoms with Crippen LogP contribution in [0.2, 0.25) is 0 Å². The maximum atomic E-state index is 12.2. The van der Waals surface area contributed by atoms with Crippen LogP contribution in [0.15, 0.2) is 57.9 Å². The number of carbonyl (C=O) groups excluding carboxylic acids is 2. The predicted molar refractivity (Wildman–Crippen MR) is 107 cm³/mol. The summed E-state index contributed by atoms with van der Waals surface area (Å²) in [6.45, 7) is 1.53. The normalized spacial score (nSPS) is 12.3. The average Bonchev–Trinajstić information content (AvgIpc) is 2.65. The topological polar surface area (TPSA) is 105 Å². The number of nitrogens with one attached hydrogen (secondary N) is 2. The minimum atomic E-state index is -3.67. The Balaban J connectivity index is 1.99. The van der Waals surface area contributed by atoms with Crippen molar-refractivity contribution < 1.29 is 22.7 Å². The number of hydrazine groups is 1. The number of carbonyl (C=O) groups is 2. The van der Waals surface area contributed by atoms with E-state index in [1.807, 2.05) is 6.07 Å². The number of nitrogens with zero attached hydrogens (tertiary/aromatic N) is 1. The molecule has 2 aromatic rings. The standard InChI is InChI=1S/C18H20BrN3O5S/c1-12(27-15-8-5-7-14(19)11-15)17(23)20-21-18(24)13-6-4-9-16(10-13)28(25,26)22(2)3/h4-12H,1-3H3,(H,20,23)(H,21,24)/t12-/m1/s1. The number of amides is 2. The van der Waals surface area contributed by atoms with Gasteiger partial charge in [-0.05, 0) is 43.3 Å². The lowest BCUT2D eigenvalue weighted by molar-refractivity contribution is -0.128. The molecule has 2 aromatic carbocycles. The third-order valence-electron chi connectivity index (χ3n) is 3.65. The maximum absolute atomic E-state index is 12.2. The van der Waals surface area contributed by atoms with Crippen LogP contribution in [0.1, 0.15) is 17.3 Å². The minimum Gasteiger partial charge on any atom is -0.481 e. The van der Waals surface area contributed by atoms with Crippen LogP contribution in [0.4, 0.5) is 0 Å². The van der Waals surface area contributed by atoms with E-state index < -0.39 is 27.9 Å². The van der Waals surface area contributed by atoms with Crippen molar-refractivity contribution in [3.63, 3.8) is 0 Å². The highest BCUT2D eigenvalue weighted by Gasteiger charge is 2.20. The van der Waals surface area contributed by atoms with E-state index in [0.29, 0.717) is 5.75 Å². The Labute approximate surface area is 172 Å². The summed E-state index contributed by atoms with van der Waals surface area (Å²) in [6, 6.07) is 12.5. The lowest BCUT2D eigenvalue weighted by atomic mass is 10.2. The van der Waals surface area contributed by atoms with Crippen LogP contribution in [-0.2, 0) is 14.8 Å². The van der Waals surface area contributed by atoms with Crippen molar-refractivity contribution in [2.75, 3.05) is 14.1 Å². The third-order valence-corrected chi connectivity index (χ3v) is 5.96. The molecule has 0 fully saturated rings. The van der Waals surface area contributed by atoms with Gasteiger partial charge in [-0.2, -0.15) is 0 Å². The Bertz CT molecular complexity index is 979. The summed E-state index contributed by atoms with van der Waals surface area (Å²) >= 11 is 3.31. The summed E-state index contributed by atoms with van der Waals surface area (Å²) in [5, 5.41) is 0. The van der Waals surface area contributed by atoms with Crippen LogP contribution in [0.3, 0.4) is 0 Å². The van der Waals surface area contributed by atoms with Crippen LogP contribution < -0.4 is 15.6 Å². The molecular weight excluding hydrogens is 450 g/mol. The van der Waals surface area contributed by atoms with Crippen LogP contribution in [0.5, 0.6) is 5.75 Å². The minimum absolute atomic E-state index is 0.0252. The number of rotatable bonds is 6. The molecule has 8 nitrogen and oxygen atoms in total. The molecular formula is C18H20BrN3O5S. The first-order chi connectivity index (χ1) is 13.1. The number of sulfonamides is 1. The van der Waals surface area contributed by atoms with Gasteiger partial charge in [0.25, 0.3) is 11.8 Å². The molecule has 2 amide bonds. The zero-order valence-corrected chi connectivity index (χ0v) is 17.9. The Morgan fingerprint density at radius 2 is 1.75 bits per heavy atom. The molecule has 1 atom stereocenters. The first kappa shape index (κ1) is 21.9. The molecule has 0 aliphatic heterocycles. The van der Waals surface area contributed by atoms with E-state index in [2.05, 4.69) is 26.8 Å². The average molecular weight is 470 g/mol. The number of halogens is 1. The molecule has 2 N–H and O–H groups in total. The molecule has 0 unspecified atom stereocenters. The van der Waals surface area contributed by atoms with E-state index in [1.165, 1.54) is 45.3 Å². The Hall–Kier alpha value is -2.43. The van der Waals surface area contributed by atoms with E-state index in [-0.39, 0.29) is 10.5 Å². The van der Waals surface area contributed by atoms with Gasteiger partial charge in [0.05, 0.1) is 4.90 Å². The van der Waals surface area contributed by atoms with Crippen LogP contribution >= 0.6 is 15.9 Å². The second kappa shape index (κ2) is 9.18. The van der Waals surface area contributed by atoms with E-state index >= 15 is 0 Å². The summed E-state index contributed by atoms with van der Waals surface area (Å²) in [6.07, 6.45) is -0.866. The molecule has 10 heteroatoms. The lowest BCUT2D eigenvalue weighted by Gasteiger charge is -2.16. The van der Waals surface area contributed by atoms with E-state index in [0.717, 1.165) is 8.78 Å². The van der Waals surface area contributed by atoms with Gasteiger partial charge in [-0.3, -0.25) is 20.4 Å². The molecule has 0 aliphatic rings. The molecule has 0 aromatic heterocycles. The quantitative estimate of drug-likeness (QED) is 0.628. The van der Waals surface area contributed by atoms with Crippen LogP contribution in [0, 0.1) is 0 Å². The molecule has 0 saturated heterocycles. The lowest BCUT2D eigenvalue weighted by Crippen LogP contribution is -2.47. The van der Waals surface area contributed by atoms with Crippen molar-refractivity contribution in [3.05, 3.63) is 58.6 Å². The molecule has 28 heavy (non-hydrogen) atoms. The molecule has 0 saturated carbocycles. The second-order valence-corrected chi connectivity index (χ2v) is 9.04. The Morgan fingerprint density at radius 3 is 2.39 bits per heavy atom. The van der Waals surface area contributed by atoms with Crippen molar-refractivity contribution >= 4 is 37.8 Å². The first-order valence-electron chi connectivity index (χ1n) is 8.16. The van der Waals surface area contributed by atoms with Crippen molar-refractivity contribution in [2.24, 2.45) is 0 Å². The highest BCUT2D eigenvalue weighted by molar-refractivity contribution is 9.10. The second-order valence-electron chi connectivity index (χ2n) is 5.98. The molecule has 0 heterocycles. The number of ether oxygens (including phenoxy) is 1. The fourth-order valence-electron chi connectivity index (χ4n) is 2.10. The fraction of sp³-hybridized carbons (Fsp3) is 0.222. The van der Waals surface area contributed by atoms with Gasteiger partial charge in [0.15, 0.2) is 6.10 Å². The van der Waals surface area contributed by atoms with E-state index in [9.17, 15) is 18.0 Å². The van der Waals surface area contributed by atoms with Gasteiger partial charge in [-0.25, -0.2) is 12.7 Å². The van der Waals surface area contributed by atoms with Crippen molar-refractivity contribution in [3.8, 4) is 5.75 Å². The maximum Gasteiger partial charge on any atom is 0.279 e. The number of hydrogen-bond acceptors (Lipinski definition) is 5. The van der Waals surface area contributed by atoms with Gasteiger partial charge < -0.3 is 4.74 Å². The zero-order chi connectivity index (χ0) is 20.9. The van der Waals surface area contributed by atoms with E-state index in [1.54, 1.807) is 18.2 Å². The summed E-state index contributed by atoms with van der Waals surface area (Å²) in [7, 11) is -0.878. The summed E-state index contributed by atoms with van der Waals surface area (Å²) < 4.78 is 31.7. The van der Waals surface area contributed by atoms with Gasteiger partial charge in [0.2, 0.25) is 10.0 Å². The highest BCUT2D eigenvalue weighted by Crippen LogP contribution is 2.19. The van der Waals surface area contributed by atoms with Gasteiger partial charge in [0, 0.05) is 24.1 Å². The summed E-state index contributed by atoms with van der Waals surface area (Å²) in [5.41, 5.74) is 4.60. The number of hydrogen-bond donors (Lipinski definition) is 2. The molecule has 0 spiro atoms. The third kappa shape index (κ3) is 5.54. The zero-order valence-electron chi connectivity index (χ0n) is 15.5. The Morgan fingerprint density at radius 1 is 1.07 bits per heavy atom. The SMILES string of the molecule is C[C@@H](Oc1cccc(Br)c1)C(=O)NNC(=O)c1cccc(S(=O)(=O)N(C)C)c1. The fourth-order valence-corrected chi connectivity index (χ4v) is 3.43. The summed E-state index contributed by atoms with van der Waals surface area (Å²) in [4.78, 5) is 24.3. The summed E-state index contributed by atoms with van der Waals surface area (Å²) in [5.74, 6) is -0.728. The van der Waals surface area contributed by atoms with Gasteiger partial charge >= 0.3 is 0 Å². The molecule has 0 aliphatic carbocycles. The van der Waals surface area contributed by atoms with Crippen LogP contribution in [0.25, 0.3) is 0 Å². The highest BCUT2D eigenvalue weighted by atomic mass is 79.9. The number of benzene rings is 2. The largest absolute Gasteiger partial charge is 0.481 e. The Kier molecular flexibility index (Phi) is 7.17. The van der Waals surface area contributed by atoms with Crippen molar-refractivity contribution in [1.29, 1.82) is 0 Å². The van der Waals surface area contributed by atoms with Gasteiger partial charge in [0.1, 0.15) is 5.75 Å². The monoisotopic (exact) mass is 469 g/mol. The molecule has 150 valence electrons. The smallest absolute Gasteiger partial charge is 0.279 e. The van der Waals surface area contributed by atoms with Crippen molar-refractivity contribution in [1.82, 2.24) is 15.2 Å². The predicted octanol–water partition coefficient (Wildman–Crippen LogP) is 1.93. The molecule has 0 bridgehead atoms. The van der Waals surface area contributed by atoms with E-state index in [4.69, 9.17) is 4.74 Å².